The molecule has 7 heteroatoms. The van der Waals surface area contributed by atoms with Gasteiger partial charge in [-0.2, -0.15) is 0 Å². The molecule has 1 N–H and O–H groups in total. The SMILES string of the molecule is CCOc1ccc(/C(O)=C2/C(=O)C(=O)N(Cc3ccco3)C2c2ccc(OC)cc2)cc1C. The number of furan rings is 1. The molecule has 2 aromatic carbocycles. The minimum Gasteiger partial charge on any atom is -0.507 e. The van der Waals surface area contributed by atoms with Crippen LogP contribution >= 0.6 is 0 Å². The Hall–Kier alpha value is -4.00. The van der Waals surface area contributed by atoms with E-state index in [2.05, 4.69) is 0 Å². The van der Waals surface area contributed by atoms with Crippen molar-refractivity contribution in [3.63, 3.8) is 0 Å². The number of likely N-dealkylation sites (tertiary alicyclic amines) is 1. The smallest absolute Gasteiger partial charge is 0.296 e. The van der Waals surface area contributed by atoms with Crippen LogP contribution in [-0.4, -0.2) is 35.4 Å². The number of hydrogen-bond donors (Lipinski definition) is 1. The molecule has 1 aromatic heterocycles. The molecule has 170 valence electrons. The van der Waals surface area contributed by atoms with Gasteiger partial charge in [-0.05, 0) is 67.4 Å². The molecule has 0 radical (unpaired) electrons. The number of ether oxygens (including phenoxy) is 2. The van der Waals surface area contributed by atoms with Crippen molar-refractivity contribution in [2.45, 2.75) is 26.4 Å². The first kappa shape index (κ1) is 22.2. The Labute approximate surface area is 191 Å². The minimum absolute atomic E-state index is 0.0280. The quantitative estimate of drug-likeness (QED) is 0.323. The van der Waals surface area contributed by atoms with E-state index in [0.717, 1.165) is 5.56 Å². The fourth-order valence-corrected chi connectivity index (χ4v) is 4.02. The van der Waals surface area contributed by atoms with Gasteiger partial charge in [-0.1, -0.05) is 12.1 Å². The molecule has 0 aliphatic carbocycles. The number of benzene rings is 2. The predicted molar refractivity (Wildman–Crippen MR) is 122 cm³/mol. The molecule has 1 saturated heterocycles. The lowest BCUT2D eigenvalue weighted by Gasteiger charge is -2.24. The number of ketones is 1. The monoisotopic (exact) mass is 447 g/mol. The van der Waals surface area contributed by atoms with Gasteiger partial charge in [0.25, 0.3) is 11.7 Å². The first-order chi connectivity index (χ1) is 15.9. The molecule has 1 unspecified atom stereocenters. The van der Waals surface area contributed by atoms with Gasteiger partial charge in [-0.3, -0.25) is 9.59 Å². The molecular weight excluding hydrogens is 422 g/mol. The van der Waals surface area contributed by atoms with E-state index in [4.69, 9.17) is 13.9 Å². The van der Waals surface area contributed by atoms with Crippen LogP contribution in [0.1, 0.15) is 35.4 Å². The highest BCUT2D eigenvalue weighted by Crippen LogP contribution is 2.41. The molecule has 3 aromatic rings. The maximum atomic E-state index is 13.1. The fraction of sp³-hybridized carbons (Fsp3) is 0.231. The fourth-order valence-electron chi connectivity index (χ4n) is 4.02. The molecule has 1 aliphatic heterocycles. The van der Waals surface area contributed by atoms with Crippen molar-refractivity contribution in [3.05, 3.63) is 88.9 Å². The molecule has 0 bridgehead atoms. The molecule has 1 aliphatic rings. The van der Waals surface area contributed by atoms with Gasteiger partial charge in [-0.15, -0.1) is 0 Å². The van der Waals surface area contributed by atoms with Crippen LogP contribution in [0.15, 0.2) is 70.9 Å². The highest BCUT2D eigenvalue weighted by atomic mass is 16.5. The van der Waals surface area contributed by atoms with E-state index in [0.29, 0.717) is 35.0 Å². The summed E-state index contributed by atoms with van der Waals surface area (Å²) in [5.74, 6) is 0.195. The second kappa shape index (κ2) is 9.24. The zero-order chi connectivity index (χ0) is 23.5. The number of aryl methyl sites for hydroxylation is 1. The molecular formula is C26H25NO6. The molecule has 1 amide bonds. The van der Waals surface area contributed by atoms with E-state index >= 15 is 0 Å². The van der Waals surface area contributed by atoms with Gasteiger partial charge in [0.05, 0.1) is 38.1 Å². The lowest BCUT2D eigenvalue weighted by atomic mass is 9.94. The highest BCUT2D eigenvalue weighted by molar-refractivity contribution is 6.46. The summed E-state index contributed by atoms with van der Waals surface area (Å²) in [5.41, 5.74) is 1.95. The number of nitrogens with zero attached hydrogens (tertiary/aromatic N) is 1. The molecule has 0 spiro atoms. The van der Waals surface area contributed by atoms with Crippen LogP contribution in [0.5, 0.6) is 11.5 Å². The van der Waals surface area contributed by atoms with Crippen molar-refractivity contribution in [2.75, 3.05) is 13.7 Å². The number of Topliss-reactive ketones (excluding diaryl/α,β-unsaturated/α-hetero) is 1. The summed E-state index contributed by atoms with van der Waals surface area (Å²) in [6.45, 7) is 4.36. The maximum absolute atomic E-state index is 13.1. The van der Waals surface area contributed by atoms with Gasteiger partial charge in [0, 0.05) is 5.56 Å². The Morgan fingerprint density at radius 2 is 1.88 bits per heavy atom. The number of aliphatic hydroxyl groups is 1. The van der Waals surface area contributed by atoms with Gasteiger partial charge >= 0.3 is 0 Å². The second-order valence-electron chi connectivity index (χ2n) is 7.69. The summed E-state index contributed by atoms with van der Waals surface area (Å²) in [6, 6.07) is 14.9. The average molecular weight is 447 g/mol. The number of hydrogen-bond acceptors (Lipinski definition) is 6. The lowest BCUT2D eigenvalue weighted by Crippen LogP contribution is -2.29. The van der Waals surface area contributed by atoms with E-state index < -0.39 is 17.7 Å². The zero-order valence-electron chi connectivity index (χ0n) is 18.7. The van der Waals surface area contributed by atoms with Crippen molar-refractivity contribution in [1.82, 2.24) is 4.90 Å². The number of methoxy groups -OCH3 is 1. The third kappa shape index (κ3) is 4.22. The number of aliphatic hydroxyl groups excluding tert-OH is 1. The van der Waals surface area contributed by atoms with E-state index in [1.807, 2.05) is 13.8 Å². The van der Waals surface area contributed by atoms with Gasteiger partial charge < -0.3 is 23.9 Å². The lowest BCUT2D eigenvalue weighted by molar-refractivity contribution is -0.140. The summed E-state index contributed by atoms with van der Waals surface area (Å²) < 4.78 is 16.2. The third-order valence-electron chi connectivity index (χ3n) is 5.63. The van der Waals surface area contributed by atoms with Crippen LogP contribution in [0.2, 0.25) is 0 Å². The topological polar surface area (TPSA) is 89.2 Å². The van der Waals surface area contributed by atoms with Crippen LogP contribution in [0, 0.1) is 6.92 Å². The highest BCUT2D eigenvalue weighted by Gasteiger charge is 2.46. The second-order valence-corrected chi connectivity index (χ2v) is 7.69. The predicted octanol–water partition coefficient (Wildman–Crippen LogP) is 4.62. The summed E-state index contributed by atoms with van der Waals surface area (Å²) in [4.78, 5) is 27.6. The third-order valence-corrected chi connectivity index (χ3v) is 5.63. The number of carbonyl (C=O) groups excluding carboxylic acids is 2. The van der Waals surface area contributed by atoms with Crippen LogP contribution in [0.3, 0.4) is 0 Å². The molecule has 2 heterocycles. The molecule has 1 fully saturated rings. The van der Waals surface area contributed by atoms with Crippen molar-refractivity contribution in [3.8, 4) is 11.5 Å². The Morgan fingerprint density at radius 3 is 2.48 bits per heavy atom. The first-order valence-corrected chi connectivity index (χ1v) is 10.6. The van der Waals surface area contributed by atoms with Crippen molar-refractivity contribution < 1.29 is 28.6 Å². The minimum atomic E-state index is -0.784. The van der Waals surface area contributed by atoms with Crippen LogP contribution in [-0.2, 0) is 16.1 Å². The summed E-state index contributed by atoms with van der Waals surface area (Å²) in [5, 5.41) is 11.2. The molecule has 4 rings (SSSR count). The Balaban J connectivity index is 1.83. The number of carbonyl (C=O) groups is 2. The van der Waals surface area contributed by atoms with Crippen LogP contribution < -0.4 is 9.47 Å². The normalized spacial score (nSPS) is 17.4. The Bertz CT molecular complexity index is 1190. The van der Waals surface area contributed by atoms with Crippen molar-refractivity contribution in [2.24, 2.45) is 0 Å². The summed E-state index contributed by atoms with van der Waals surface area (Å²) in [7, 11) is 1.56. The largest absolute Gasteiger partial charge is 0.507 e. The van der Waals surface area contributed by atoms with E-state index in [-0.39, 0.29) is 17.9 Å². The van der Waals surface area contributed by atoms with Crippen molar-refractivity contribution in [1.29, 1.82) is 0 Å². The number of amides is 1. The zero-order valence-corrected chi connectivity index (χ0v) is 18.7. The standard InChI is InChI=1S/C26H25NO6/c1-4-32-21-12-9-18(14-16(21)2)24(28)22-23(17-7-10-19(31-3)11-8-17)27(26(30)25(22)29)15-20-6-5-13-33-20/h5-14,23,28H,4,15H2,1-3H3/b24-22-. The van der Waals surface area contributed by atoms with Gasteiger partial charge in [0.15, 0.2) is 0 Å². The molecule has 0 saturated carbocycles. The van der Waals surface area contributed by atoms with E-state index in [1.54, 1.807) is 61.7 Å². The van der Waals surface area contributed by atoms with E-state index in [1.165, 1.54) is 11.2 Å². The summed E-state index contributed by atoms with van der Waals surface area (Å²) >= 11 is 0. The van der Waals surface area contributed by atoms with Gasteiger partial charge in [-0.25, -0.2) is 0 Å². The molecule has 33 heavy (non-hydrogen) atoms. The first-order valence-electron chi connectivity index (χ1n) is 10.6. The van der Waals surface area contributed by atoms with Crippen LogP contribution in [0.4, 0.5) is 0 Å². The van der Waals surface area contributed by atoms with Gasteiger partial charge in [0.1, 0.15) is 23.0 Å². The maximum Gasteiger partial charge on any atom is 0.296 e. The summed E-state index contributed by atoms with van der Waals surface area (Å²) in [6.07, 6.45) is 1.51. The Morgan fingerprint density at radius 1 is 1.12 bits per heavy atom. The van der Waals surface area contributed by atoms with Crippen LogP contribution in [0.25, 0.3) is 5.76 Å². The molecule has 1 atom stereocenters. The van der Waals surface area contributed by atoms with Crippen molar-refractivity contribution >= 4 is 17.4 Å². The van der Waals surface area contributed by atoms with E-state index in [9.17, 15) is 14.7 Å². The Kier molecular flexibility index (Phi) is 6.22. The molecule has 7 nitrogen and oxygen atoms in total. The van der Waals surface area contributed by atoms with Gasteiger partial charge in [0.2, 0.25) is 0 Å². The average Bonchev–Trinajstić information content (AvgIpc) is 3.42. The number of rotatable bonds is 7.